The van der Waals surface area contributed by atoms with Crippen LogP contribution in [0.15, 0.2) is 40.6 Å². The summed E-state index contributed by atoms with van der Waals surface area (Å²) in [5.74, 6) is -0.955. The number of amides is 1. The van der Waals surface area contributed by atoms with E-state index in [1.165, 1.54) is 6.07 Å². The molecule has 0 atom stereocenters. The quantitative estimate of drug-likeness (QED) is 0.653. The van der Waals surface area contributed by atoms with E-state index in [0.29, 0.717) is 11.0 Å². The Bertz CT molecular complexity index is 822. The van der Waals surface area contributed by atoms with Crippen molar-refractivity contribution in [3.63, 3.8) is 0 Å². The molecule has 0 saturated carbocycles. The predicted octanol–water partition coefficient (Wildman–Crippen LogP) is -0.966. The zero-order valence-corrected chi connectivity index (χ0v) is 14.2. The zero-order valence-electron chi connectivity index (χ0n) is 11.4. The van der Waals surface area contributed by atoms with Gasteiger partial charge < -0.3 is 15.2 Å². The van der Waals surface area contributed by atoms with Crippen LogP contribution in [0.3, 0.4) is 0 Å². The minimum absolute atomic E-state index is 0. The van der Waals surface area contributed by atoms with Crippen molar-refractivity contribution in [1.82, 2.24) is 14.8 Å². The number of alkyl halides is 3. The second-order valence-corrected chi connectivity index (χ2v) is 5.59. The number of para-hydroxylation sites is 1. The fourth-order valence-electron chi connectivity index (χ4n) is 1.45. The van der Waals surface area contributed by atoms with Crippen LogP contribution in [0.1, 0.15) is 0 Å². The Morgan fingerprint density at radius 2 is 1.87 bits per heavy atom. The molecule has 0 radical (unpaired) electrons. The van der Waals surface area contributed by atoms with Crippen LogP contribution < -0.4 is 34.3 Å². The summed E-state index contributed by atoms with van der Waals surface area (Å²) in [5, 5.41) is 2.31. The maximum atomic E-state index is 12.3. The third-order valence-electron chi connectivity index (χ3n) is 2.28. The first-order valence-electron chi connectivity index (χ1n) is 5.39. The van der Waals surface area contributed by atoms with Crippen molar-refractivity contribution < 1.29 is 60.7 Å². The van der Waals surface area contributed by atoms with Gasteiger partial charge in [-0.1, -0.05) is 12.1 Å². The van der Waals surface area contributed by atoms with Crippen molar-refractivity contribution in [2.75, 3.05) is 0 Å². The topological polar surface area (TPSA) is 115 Å². The summed E-state index contributed by atoms with van der Waals surface area (Å²) >= 11 is 0. The van der Waals surface area contributed by atoms with Crippen molar-refractivity contribution in [3.05, 3.63) is 36.3 Å². The van der Waals surface area contributed by atoms with Gasteiger partial charge in [0.25, 0.3) is 5.16 Å². The number of halogens is 3. The minimum Gasteiger partial charge on any atom is -0.446 e. The van der Waals surface area contributed by atoms with Crippen LogP contribution in [0.5, 0.6) is 5.75 Å². The number of ether oxygens (including phenoxy) is 1. The van der Waals surface area contributed by atoms with Gasteiger partial charge in [0.1, 0.15) is 10.6 Å². The van der Waals surface area contributed by atoms with Crippen LogP contribution in [0, 0.1) is 0 Å². The van der Waals surface area contributed by atoms with Crippen molar-refractivity contribution in [2.24, 2.45) is 0 Å². The van der Waals surface area contributed by atoms with E-state index in [-0.39, 0.29) is 29.6 Å². The third kappa shape index (κ3) is 4.43. The van der Waals surface area contributed by atoms with Crippen LogP contribution >= 0.6 is 0 Å². The first kappa shape index (κ1) is 19.4. The standard InChI is InChI=1S/C10H7F3N4O4S.Na/c11-10(12,13)21-6-3-1-2-4-7(6)22(19,20)9-15-5-17(16-9)8(14)18;/h1-5H,(H2,14,18);/q;+1/p-1. The molecule has 1 aromatic carbocycles. The molecule has 1 amide bonds. The van der Waals surface area contributed by atoms with E-state index in [0.717, 1.165) is 18.2 Å². The summed E-state index contributed by atoms with van der Waals surface area (Å²) in [4.78, 5) is 13.2. The molecule has 1 heterocycles. The molecule has 2 rings (SSSR count). The molecule has 0 aliphatic carbocycles. The van der Waals surface area contributed by atoms with E-state index in [4.69, 9.17) is 5.73 Å². The molecule has 0 unspecified atom stereocenters. The van der Waals surface area contributed by atoms with Gasteiger partial charge >= 0.3 is 35.9 Å². The number of nitrogens with one attached hydrogen (secondary N) is 1. The number of benzene rings is 1. The molecule has 0 bridgehead atoms. The second kappa shape index (κ2) is 6.86. The molecule has 2 aromatic rings. The summed E-state index contributed by atoms with van der Waals surface area (Å²) in [6.45, 7) is 0. The van der Waals surface area contributed by atoms with Crippen LogP contribution in [0.25, 0.3) is 5.73 Å². The van der Waals surface area contributed by atoms with E-state index >= 15 is 0 Å². The predicted molar refractivity (Wildman–Crippen MR) is 63.7 cm³/mol. The van der Waals surface area contributed by atoms with Gasteiger partial charge in [0.05, 0.1) is 0 Å². The largest absolute Gasteiger partial charge is 1.00 e. The van der Waals surface area contributed by atoms with Crippen LogP contribution in [-0.2, 0) is 9.84 Å². The van der Waals surface area contributed by atoms with Gasteiger partial charge in [-0.05, 0) is 12.1 Å². The number of hydrogen-bond acceptors (Lipinski definition) is 6. The SMILES string of the molecule is [NH-]C(=O)n1cnc(S(=O)(=O)c2ccccc2OC(F)(F)F)n1.[Na+]. The van der Waals surface area contributed by atoms with Gasteiger partial charge in [-0.25, -0.2) is 18.5 Å². The maximum absolute atomic E-state index is 12.3. The molecular weight excluding hydrogens is 352 g/mol. The van der Waals surface area contributed by atoms with Gasteiger partial charge in [0, 0.05) is 6.33 Å². The number of carbonyl (C=O) groups is 1. The van der Waals surface area contributed by atoms with Gasteiger partial charge in [-0.3, -0.25) is 4.79 Å². The molecule has 23 heavy (non-hydrogen) atoms. The Morgan fingerprint density at radius 1 is 1.26 bits per heavy atom. The molecular formula is C10H6F3N4NaO4S. The van der Waals surface area contributed by atoms with Gasteiger partial charge in [0.15, 0.2) is 6.03 Å². The molecule has 1 N–H and O–H groups in total. The van der Waals surface area contributed by atoms with E-state index < -0.39 is 38.0 Å². The van der Waals surface area contributed by atoms with E-state index in [9.17, 15) is 26.4 Å². The Labute approximate surface area is 149 Å². The normalized spacial score (nSPS) is 11.6. The Kier molecular flexibility index (Phi) is 5.79. The van der Waals surface area contributed by atoms with Crippen molar-refractivity contribution in [2.45, 2.75) is 16.4 Å². The third-order valence-corrected chi connectivity index (χ3v) is 3.87. The molecule has 118 valence electrons. The first-order valence-corrected chi connectivity index (χ1v) is 6.87. The molecule has 0 aliphatic rings. The zero-order chi connectivity index (χ0) is 16.5. The number of aromatic nitrogens is 3. The molecule has 0 fully saturated rings. The molecule has 0 aliphatic heterocycles. The Hall–Kier alpha value is -1.63. The number of carbonyl (C=O) groups excluding carboxylic acids is 1. The maximum Gasteiger partial charge on any atom is 1.00 e. The fourth-order valence-corrected chi connectivity index (χ4v) is 2.66. The number of sulfone groups is 1. The van der Waals surface area contributed by atoms with E-state index in [2.05, 4.69) is 14.8 Å². The molecule has 0 spiro atoms. The summed E-state index contributed by atoms with van der Waals surface area (Å²) in [5.41, 5.74) is 6.75. The van der Waals surface area contributed by atoms with Gasteiger partial charge in [-0.15, -0.1) is 13.2 Å². The van der Waals surface area contributed by atoms with Crippen LogP contribution in [0.4, 0.5) is 18.0 Å². The van der Waals surface area contributed by atoms with Gasteiger partial charge in [0.2, 0.25) is 9.84 Å². The molecule has 1 aromatic heterocycles. The Morgan fingerprint density at radius 3 is 2.39 bits per heavy atom. The number of nitrogens with zero attached hydrogens (tertiary/aromatic N) is 3. The second-order valence-electron chi connectivity index (χ2n) is 3.77. The molecule has 0 saturated heterocycles. The number of hydrogen-bond donors (Lipinski definition) is 0. The van der Waals surface area contributed by atoms with Crippen LogP contribution in [0.2, 0.25) is 0 Å². The summed E-state index contributed by atoms with van der Waals surface area (Å²) in [6.07, 6.45) is -4.43. The van der Waals surface area contributed by atoms with E-state index in [1.54, 1.807) is 0 Å². The van der Waals surface area contributed by atoms with Crippen LogP contribution in [-0.4, -0.2) is 35.6 Å². The van der Waals surface area contributed by atoms with E-state index in [1.807, 2.05) is 0 Å². The van der Waals surface area contributed by atoms with Crippen molar-refractivity contribution in [3.8, 4) is 5.75 Å². The van der Waals surface area contributed by atoms with Crippen molar-refractivity contribution in [1.29, 1.82) is 0 Å². The first-order chi connectivity index (χ1) is 10.1. The summed E-state index contributed by atoms with van der Waals surface area (Å²) < 4.78 is 65.3. The molecule has 8 nitrogen and oxygen atoms in total. The van der Waals surface area contributed by atoms with Gasteiger partial charge in [-0.2, -0.15) is 0 Å². The number of rotatable bonds is 3. The average molecular weight is 358 g/mol. The monoisotopic (exact) mass is 358 g/mol. The fraction of sp³-hybridized carbons (Fsp3) is 0.100. The summed E-state index contributed by atoms with van der Waals surface area (Å²) in [7, 11) is -4.56. The smallest absolute Gasteiger partial charge is 0.446 e. The minimum atomic E-state index is -5.09. The Balaban J connectivity index is 0.00000264. The van der Waals surface area contributed by atoms with Crippen molar-refractivity contribution >= 4 is 15.9 Å². The summed E-state index contributed by atoms with van der Waals surface area (Å²) in [6, 6.07) is 2.67. The average Bonchev–Trinajstić information content (AvgIpc) is 2.87. The molecule has 13 heteroatoms.